The maximum atomic E-state index is 12.8. The van der Waals surface area contributed by atoms with Gasteiger partial charge in [0, 0.05) is 12.1 Å². The lowest BCUT2D eigenvalue weighted by Gasteiger charge is -2.38. The van der Waals surface area contributed by atoms with Crippen LogP contribution in [0.5, 0.6) is 5.75 Å². The second-order valence-electron chi connectivity index (χ2n) is 8.14. The number of nitrogens with one attached hydrogen (secondary N) is 2. The molecule has 10 heteroatoms. The van der Waals surface area contributed by atoms with Crippen molar-refractivity contribution in [3.8, 4) is 5.75 Å². The quantitative estimate of drug-likeness (QED) is 0.483. The van der Waals surface area contributed by atoms with Crippen molar-refractivity contribution in [3.63, 3.8) is 0 Å². The molecule has 2 heterocycles. The number of aromatic amines is 1. The Labute approximate surface area is 184 Å². The number of likely N-dealkylation sites (N-methyl/N-ethyl adjacent to an activating group) is 1. The van der Waals surface area contributed by atoms with Crippen molar-refractivity contribution in [1.29, 1.82) is 0 Å². The monoisotopic (exact) mass is 458 g/mol. The van der Waals surface area contributed by atoms with E-state index in [0.29, 0.717) is 35.5 Å². The maximum absolute atomic E-state index is 12.8. The largest absolute Gasteiger partial charge is 0.481 e. The van der Waals surface area contributed by atoms with Crippen molar-refractivity contribution in [2.24, 2.45) is 0 Å². The third-order valence-electron chi connectivity index (χ3n) is 5.76. The Balaban J connectivity index is 1.69. The molecule has 1 atom stereocenters. The first-order chi connectivity index (χ1) is 15.1. The number of rotatable bonds is 6. The van der Waals surface area contributed by atoms with Gasteiger partial charge in [0.1, 0.15) is 26.2 Å². The van der Waals surface area contributed by atoms with E-state index in [1.54, 1.807) is 6.07 Å². The fourth-order valence-corrected chi connectivity index (χ4v) is 5.02. The summed E-state index contributed by atoms with van der Waals surface area (Å²) >= 11 is 0. The highest BCUT2D eigenvalue weighted by Crippen LogP contribution is 2.38. The van der Waals surface area contributed by atoms with E-state index in [9.17, 15) is 18.0 Å². The number of quaternary nitrogens is 1. The van der Waals surface area contributed by atoms with Crippen molar-refractivity contribution >= 4 is 32.6 Å². The van der Waals surface area contributed by atoms with E-state index in [4.69, 9.17) is 9.84 Å². The number of aryl methyl sites for hydroxylation is 1. The highest BCUT2D eigenvalue weighted by atomic mass is 32.2. The molecular weight excluding hydrogens is 434 g/mol. The number of fused-ring (bicyclic) bond motifs is 2. The fourth-order valence-electron chi connectivity index (χ4n) is 4.03. The van der Waals surface area contributed by atoms with Crippen LogP contribution in [0.2, 0.25) is 0 Å². The summed E-state index contributed by atoms with van der Waals surface area (Å²) in [4.78, 5) is 26.4. The minimum absolute atomic E-state index is 0.0787. The second kappa shape index (κ2) is 8.05. The second-order valence-corrected chi connectivity index (χ2v) is 9.90. The van der Waals surface area contributed by atoms with Gasteiger partial charge in [0.05, 0.1) is 23.0 Å². The van der Waals surface area contributed by atoms with Crippen molar-refractivity contribution < 1.29 is 23.1 Å². The van der Waals surface area contributed by atoms with Gasteiger partial charge in [-0.1, -0.05) is 18.2 Å². The van der Waals surface area contributed by atoms with Crippen molar-refractivity contribution in [3.05, 3.63) is 63.9 Å². The summed E-state index contributed by atoms with van der Waals surface area (Å²) in [5.74, 6) is -0.882. The van der Waals surface area contributed by atoms with Gasteiger partial charge in [-0.2, -0.15) is 4.72 Å². The Morgan fingerprint density at radius 2 is 2.03 bits per heavy atom. The summed E-state index contributed by atoms with van der Waals surface area (Å²) in [6.45, 7) is 2.58. The number of aliphatic carboxylic acids is 1. The SMILES string of the molecule is Cc1cccc2cc(C[N+]3(C)CCOc4cc(S(=O)(=O)NCC(=O)O)ccc43)c(=O)[nH]c12. The number of aromatic nitrogens is 1. The van der Waals surface area contributed by atoms with Gasteiger partial charge < -0.3 is 14.8 Å². The van der Waals surface area contributed by atoms with Gasteiger partial charge in [-0.05, 0) is 30.0 Å². The summed E-state index contributed by atoms with van der Waals surface area (Å²) in [6, 6.07) is 12.2. The average Bonchev–Trinajstić information content (AvgIpc) is 2.73. The van der Waals surface area contributed by atoms with Gasteiger partial charge in [-0.25, -0.2) is 8.42 Å². The van der Waals surface area contributed by atoms with Crippen LogP contribution >= 0.6 is 0 Å². The van der Waals surface area contributed by atoms with Crippen LogP contribution in [0.15, 0.2) is 52.2 Å². The van der Waals surface area contributed by atoms with Crippen LogP contribution < -0.4 is 19.5 Å². The average molecular weight is 459 g/mol. The number of ether oxygens (including phenoxy) is 1. The molecule has 1 aliphatic rings. The zero-order valence-electron chi connectivity index (χ0n) is 17.7. The number of sulfonamides is 1. The van der Waals surface area contributed by atoms with Crippen LogP contribution in [0.4, 0.5) is 5.69 Å². The predicted molar refractivity (Wildman–Crippen MR) is 120 cm³/mol. The minimum Gasteiger partial charge on any atom is -0.481 e. The summed E-state index contributed by atoms with van der Waals surface area (Å²) in [6.07, 6.45) is 0. The molecule has 0 spiro atoms. The number of hydrogen-bond acceptors (Lipinski definition) is 5. The Hall–Kier alpha value is -3.21. The molecule has 0 aliphatic carbocycles. The van der Waals surface area contributed by atoms with Gasteiger partial charge in [0.25, 0.3) is 5.56 Å². The van der Waals surface area contributed by atoms with Crippen LogP contribution in [0.1, 0.15) is 11.1 Å². The van der Waals surface area contributed by atoms with Crippen LogP contribution in [0, 0.1) is 6.92 Å². The molecule has 32 heavy (non-hydrogen) atoms. The van der Waals surface area contributed by atoms with E-state index in [1.165, 1.54) is 12.1 Å². The number of para-hydroxylation sites is 1. The van der Waals surface area contributed by atoms with Gasteiger partial charge in [0.15, 0.2) is 11.4 Å². The molecule has 0 bridgehead atoms. The number of carboxylic acid groups (broad SMARTS) is 1. The smallest absolute Gasteiger partial charge is 0.318 e. The van der Waals surface area contributed by atoms with Gasteiger partial charge in [0.2, 0.25) is 10.0 Å². The number of nitrogens with zero attached hydrogens (tertiary/aromatic N) is 1. The molecule has 1 aromatic heterocycles. The number of carboxylic acids is 1. The molecule has 2 aromatic carbocycles. The number of benzene rings is 2. The van der Waals surface area contributed by atoms with Gasteiger partial charge in [-0.3, -0.25) is 14.1 Å². The molecule has 0 fully saturated rings. The zero-order chi connectivity index (χ0) is 23.1. The molecule has 168 valence electrons. The topological polar surface area (TPSA) is 126 Å². The highest BCUT2D eigenvalue weighted by Gasteiger charge is 2.35. The molecule has 0 saturated carbocycles. The maximum Gasteiger partial charge on any atom is 0.318 e. The Morgan fingerprint density at radius 1 is 1.25 bits per heavy atom. The molecule has 0 saturated heterocycles. The number of hydrogen-bond donors (Lipinski definition) is 3. The molecule has 0 amide bonds. The lowest BCUT2D eigenvalue weighted by atomic mass is 10.1. The molecule has 3 aromatic rings. The molecule has 1 unspecified atom stereocenters. The van der Waals surface area contributed by atoms with Crippen molar-refractivity contribution in [2.45, 2.75) is 18.4 Å². The van der Waals surface area contributed by atoms with Crippen LogP contribution in [0.3, 0.4) is 0 Å². The van der Waals surface area contributed by atoms with E-state index in [-0.39, 0.29) is 10.5 Å². The predicted octanol–water partition coefficient (Wildman–Crippen LogP) is 1.73. The first-order valence-corrected chi connectivity index (χ1v) is 11.5. The van der Waals surface area contributed by atoms with Crippen molar-refractivity contribution in [1.82, 2.24) is 14.2 Å². The molecular formula is C22H24N3O6S+. The number of carbonyl (C=O) groups is 1. The minimum atomic E-state index is -3.99. The molecule has 3 N–H and O–H groups in total. The number of H-pyrrole nitrogens is 1. The summed E-state index contributed by atoms with van der Waals surface area (Å²) in [7, 11) is -2.02. The number of pyridine rings is 1. The summed E-state index contributed by atoms with van der Waals surface area (Å²) in [5.41, 5.74) is 3.02. The lowest BCUT2D eigenvalue weighted by Crippen LogP contribution is -2.50. The lowest BCUT2D eigenvalue weighted by molar-refractivity contribution is -0.135. The first-order valence-electron chi connectivity index (χ1n) is 10.0. The molecule has 1 aliphatic heterocycles. The van der Waals surface area contributed by atoms with Crippen LogP contribution in [-0.4, -0.2) is 51.2 Å². The Morgan fingerprint density at radius 3 is 2.78 bits per heavy atom. The highest BCUT2D eigenvalue weighted by molar-refractivity contribution is 7.89. The summed E-state index contributed by atoms with van der Waals surface area (Å²) < 4.78 is 32.9. The van der Waals surface area contributed by atoms with E-state index in [0.717, 1.165) is 22.2 Å². The van der Waals surface area contributed by atoms with Gasteiger partial charge in [-0.15, -0.1) is 0 Å². The van der Waals surface area contributed by atoms with E-state index in [1.807, 2.05) is 43.0 Å². The van der Waals surface area contributed by atoms with E-state index < -0.39 is 22.5 Å². The van der Waals surface area contributed by atoms with Crippen LogP contribution in [0.25, 0.3) is 10.9 Å². The normalized spacial score (nSPS) is 18.2. The van der Waals surface area contributed by atoms with E-state index in [2.05, 4.69) is 4.98 Å². The van der Waals surface area contributed by atoms with Crippen LogP contribution in [-0.2, 0) is 21.4 Å². The fraction of sp³-hybridized carbons (Fsp3) is 0.273. The Kier molecular flexibility index (Phi) is 5.53. The molecule has 9 nitrogen and oxygen atoms in total. The Bertz CT molecular complexity index is 1380. The zero-order valence-corrected chi connectivity index (χ0v) is 18.5. The third-order valence-corrected chi connectivity index (χ3v) is 7.16. The molecule has 4 rings (SSSR count). The molecule has 0 radical (unpaired) electrons. The summed E-state index contributed by atoms with van der Waals surface area (Å²) in [5, 5.41) is 9.70. The van der Waals surface area contributed by atoms with E-state index >= 15 is 0 Å². The third kappa shape index (κ3) is 4.12. The standard InChI is InChI=1S/C22H23N3O6S/c1-14-4-3-5-15-10-16(22(28)24-21(14)15)13-25(2)8-9-31-19-11-17(6-7-18(19)25)32(29,30)23-12-20(26)27/h3-7,10-11,23H,8-9,12-13H2,1-2H3,(H-,24,26,27,28)/p+1. The van der Waals surface area contributed by atoms with Gasteiger partial charge >= 0.3 is 5.97 Å². The van der Waals surface area contributed by atoms with Crippen molar-refractivity contribution in [2.75, 3.05) is 26.7 Å². The first kappa shape index (κ1) is 22.0.